The third kappa shape index (κ3) is 4.12. The number of para-hydroxylation sites is 1. The lowest BCUT2D eigenvalue weighted by atomic mass is 9.83. The minimum atomic E-state index is -0.391. The molecule has 0 bridgehead atoms. The van der Waals surface area contributed by atoms with Crippen molar-refractivity contribution in [1.29, 1.82) is 0 Å². The van der Waals surface area contributed by atoms with Crippen molar-refractivity contribution in [1.82, 2.24) is 15.2 Å². The van der Waals surface area contributed by atoms with E-state index in [4.69, 9.17) is 0 Å². The summed E-state index contributed by atoms with van der Waals surface area (Å²) in [4.78, 5) is 32.0. The molecule has 1 aromatic heterocycles. The van der Waals surface area contributed by atoms with Crippen LogP contribution in [0.4, 0.5) is 0 Å². The zero-order valence-corrected chi connectivity index (χ0v) is 18.3. The van der Waals surface area contributed by atoms with E-state index in [0.717, 1.165) is 57.0 Å². The summed E-state index contributed by atoms with van der Waals surface area (Å²) < 4.78 is 0. The van der Waals surface area contributed by atoms with E-state index in [1.807, 2.05) is 24.8 Å². The Morgan fingerprint density at radius 2 is 1.90 bits per heavy atom. The van der Waals surface area contributed by atoms with Crippen molar-refractivity contribution in [2.45, 2.75) is 77.3 Å². The number of hydrogen-bond donors (Lipinski definition) is 2. The van der Waals surface area contributed by atoms with E-state index in [-0.39, 0.29) is 29.7 Å². The largest absolute Gasteiger partial charge is 0.361 e. The van der Waals surface area contributed by atoms with Gasteiger partial charge in [0.25, 0.3) is 0 Å². The van der Waals surface area contributed by atoms with Gasteiger partial charge in [0, 0.05) is 29.6 Å². The minimum absolute atomic E-state index is 0.0178. The number of amides is 2. The summed E-state index contributed by atoms with van der Waals surface area (Å²) >= 11 is 0. The number of hydrogen-bond acceptors (Lipinski definition) is 2. The second-order valence-electron chi connectivity index (χ2n) is 9.17. The number of nitrogens with zero attached hydrogens (tertiary/aromatic N) is 1. The predicted molar refractivity (Wildman–Crippen MR) is 120 cm³/mol. The Morgan fingerprint density at radius 1 is 1.13 bits per heavy atom. The topological polar surface area (TPSA) is 65.2 Å². The van der Waals surface area contributed by atoms with Crippen LogP contribution < -0.4 is 5.32 Å². The third-order valence-electron chi connectivity index (χ3n) is 7.26. The van der Waals surface area contributed by atoms with Gasteiger partial charge in [-0.3, -0.25) is 9.59 Å². The Kier molecular flexibility index (Phi) is 6.45. The van der Waals surface area contributed by atoms with Crippen molar-refractivity contribution >= 4 is 22.7 Å². The fraction of sp³-hybridized carbons (Fsp3) is 0.600. The highest BCUT2D eigenvalue weighted by molar-refractivity contribution is 5.90. The summed E-state index contributed by atoms with van der Waals surface area (Å²) in [6, 6.07) is 7.99. The maximum atomic E-state index is 13.8. The lowest BCUT2D eigenvalue weighted by Gasteiger charge is -2.35. The first kappa shape index (κ1) is 21.0. The number of likely N-dealkylation sites (tertiary alicyclic amines) is 1. The third-order valence-corrected chi connectivity index (χ3v) is 7.26. The minimum Gasteiger partial charge on any atom is -0.361 e. The molecule has 0 radical (unpaired) electrons. The highest BCUT2D eigenvalue weighted by atomic mass is 16.2. The molecule has 2 fully saturated rings. The summed E-state index contributed by atoms with van der Waals surface area (Å²) in [5.74, 6) is 0.325. The van der Waals surface area contributed by atoms with Gasteiger partial charge in [-0.25, -0.2) is 0 Å². The highest BCUT2D eigenvalue weighted by Crippen LogP contribution is 2.38. The molecule has 0 spiro atoms. The standard InChI is InChI=1S/C25H35N3O2/c1-3-17(2)24(29)27-23(18-10-5-4-6-11-18)25(30)28-15-9-14-22(28)20-16-26-21-13-8-7-12-19(20)21/h7-8,12-13,16-18,22-23,26H,3-6,9-11,14-15H2,1-2H3,(H,27,29)/t17?,22?,23-/m0/s1. The summed E-state index contributed by atoms with van der Waals surface area (Å²) in [7, 11) is 0. The molecule has 2 aliphatic rings. The fourth-order valence-electron chi connectivity index (χ4n) is 5.23. The number of fused-ring (bicyclic) bond motifs is 1. The quantitative estimate of drug-likeness (QED) is 0.709. The zero-order chi connectivity index (χ0) is 21.1. The van der Waals surface area contributed by atoms with Crippen molar-refractivity contribution in [3.8, 4) is 0 Å². The number of aromatic amines is 1. The maximum absolute atomic E-state index is 13.8. The lowest BCUT2D eigenvalue weighted by molar-refractivity contribution is -0.140. The number of rotatable bonds is 6. The molecular formula is C25H35N3O2. The summed E-state index contributed by atoms with van der Waals surface area (Å²) in [5.41, 5.74) is 2.31. The van der Waals surface area contributed by atoms with Gasteiger partial charge in [0.15, 0.2) is 0 Å². The molecule has 162 valence electrons. The summed E-state index contributed by atoms with van der Waals surface area (Å²) in [6.45, 7) is 4.74. The SMILES string of the molecule is CCC(C)C(=O)N[C@H](C(=O)N1CCCC1c1c[nH]c2ccccc12)C1CCCCC1. The molecule has 2 heterocycles. The average molecular weight is 410 g/mol. The van der Waals surface area contributed by atoms with E-state index >= 15 is 0 Å². The first-order valence-corrected chi connectivity index (χ1v) is 11.8. The number of H-pyrrole nitrogens is 1. The van der Waals surface area contributed by atoms with Crippen molar-refractivity contribution in [2.75, 3.05) is 6.54 Å². The fourth-order valence-corrected chi connectivity index (χ4v) is 5.23. The van der Waals surface area contributed by atoms with E-state index in [9.17, 15) is 9.59 Å². The van der Waals surface area contributed by atoms with E-state index in [1.54, 1.807) is 0 Å². The van der Waals surface area contributed by atoms with Crippen LogP contribution in [-0.4, -0.2) is 34.3 Å². The van der Waals surface area contributed by atoms with Crippen LogP contribution in [0.3, 0.4) is 0 Å². The normalized spacial score (nSPS) is 22.2. The molecule has 2 unspecified atom stereocenters. The van der Waals surface area contributed by atoms with Crippen LogP contribution in [0.25, 0.3) is 10.9 Å². The number of carbonyl (C=O) groups excluding carboxylic acids is 2. The van der Waals surface area contributed by atoms with Crippen LogP contribution in [0.2, 0.25) is 0 Å². The molecule has 1 aliphatic carbocycles. The van der Waals surface area contributed by atoms with Crippen molar-refractivity contribution in [3.05, 3.63) is 36.0 Å². The van der Waals surface area contributed by atoms with Gasteiger partial charge in [0.2, 0.25) is 11.8 Å². The molecular weight excluding hydrogens is 374 g/mol. The average Bonchev–Trinajstić information content (AvgIpc) is 3.43. The number of nitrogens with one attached hydrogen (secondary N) is 2. The van der Waals surface area contributed by atoms with Gasteiger partial charge in [0.1, 0.15) is 6.04 Å². The monoisotopic (exact) mass is 409 g/mol. The Hall–Kier alpha value is -2.30. The second-order valence-corrected chi connectivity index (χ2v) is 9.17. The number of aromatic nitrogens is 1. The Morgan fingerprint density at radius 3 is 2.67 bits per heavy atom. The Bertz CT molecular complexity index is 883. The van der Waals surface area contributed by atoms with Crippen molar-refractivity contribution < 1.29 is 9.59 Å². The molecule has 5 nitrogen and oxygen atoms in total. The molecule has 1 aromatic carbocycles. The van der Waals surface area contributed by atoms with Crippen LogP contribution in [0, 0.1) is 11.8 Å². The smallest absolute Gasteiger partial charge is 0.245 e. The van der Waals surface area contributed by atoms with E-state index < -0.39 is 6.04 Å². The number of carbonyl (C=O) groups is 2. The molecule has 5 heteroatoms. The van der Waals surface area contributed by atoms with Gasteiger partial charge in [-0.05, 0) is 49.7 Å². The molecule has 30 heavy (non-hydrogen) atoms. The number of benzene rings is 1. The zero-order valence-electron chi connectivity index (χ0n) is 18.3. The summed E-state index contributed by atoms with van der Waals surface area (Å²) in [5, 5.41) is 4.37. The maximum Gasteiger partial charge on any atom is 0.245 e. The molecule has 1 saturated carbocycles. The van der Waals surface area contributed by atoms with E-state index in [2.05, 4.69) is 34.7 Å². The van der Waals surface area contributed by atoms with Gasteiger partial charge < -0.3 is 15.2 Å². The van der Waals surface area contributed by atoms with Crippen molar-refractivity contribution in [2.24, 2.45) is 11.8 Å². The van der Waals surface area contributed by atoms with Crippen LogP contribution in [0.5, 0.6) is 0 Å². The van der Waals surface area contributed by atoms with Crippen LogP contribution in [0.1, 0.15) is 76.8 Å². The molecule has 2 N–H and O–H groups in total. The van der Waals surface area contributed by atoms with Gasteiger partial charge >= 0.3 is 0 Å². The van der Waals surface area contributed by atoms with Gasteiger partial charge in [0.05, 0.1) is 6.04 Å². The van der Waals surface area contributed by atoms with Crippen LogP contribution in [-0.2, 0) is 9.59 Å². The van der Waals surface area contributed by atoms with Crippen LogP contribution >= 0.6 is 0 Å². The molecule has 2 amide bonds. The molecule has 4 rings (SSSR count). The summed E-state index contributed by atoms with van der Waals surface area (Å²) in [6.07, 6.45) is 10.4. The first-order valence-electron chi connectivity index (χ1n) is 11.8. The highest BCUT2D eigenvalue weighted by Gasteiger charge is 2.39. The predicted octanol–water partition coefficient (Wildman–Crippen LogP) is 4.94. The van der Waals surface area contributed by atoms with Gasteiger partial charge in [-0.15, -0.1) is 0 Å². The molecule has 2 aromatic rings. The van der Waals surface area contributed by atoms with Crippen LogP contribution in [0.15, 0.2) is 30.5 Å². The Balaban J connectivity index is 1.59. The van der Waals surface area contributed by atoms with Gasteiger partial charge in [-0.1, -0.05) is 51.3 Å². The molecule has 3 atom stereocenters. The van der Waals surface area contributed by atoms with E-state index in [0.29, 0.717) is 0 Å². The Labute approximate surface area is 179 Å². The van der Waals surface area contributed by atoms with Crippen molar-refractivity contribution in [3.63, 3.8) is 0 Å². The first-order chi connectivity index (χ1) is 14.6. The van der Waals surface area contributed by atoms with Gasteiger partial charge in [-0.2, -0.15) is 0 Å². The van der Waals surface area contributed by atoms with E-state index in [1.165, 1.54) is 17.4 Å². The molecule has 1 saturated heterocycles. The second kappa shape index (κ2) is 9.23. The lowest BCUT2D eigenvalue weighted by Crippen LogP contribution is -2.53. The molecule has 1 aliphatic heterocycles.